The monoisotopic (exact) mass is 726 g/mol. The van der Waals surface area contributed by atoms with Crippen LogP contribution in [-0.2, 0) is 19.1 Å². The van der Waals surface area contributed by atoms with E-state index in [0.29, 0.717) is 0 Å². The lowest BCUT2D eigenvalue weighted by Crippen LogP contribution is -2.38. The van der Waals surface area contributed by atoms with Gasteiger partial charge < -0.3 is 18.9 Å². The number of hydrogen-bond donors (Lipinski definition) is 0. The van der Waals surface area contributed by atoms with Crippen molar-refractivity contribution in [1.29, 1.82) is 0 Å². The third-order valence-corrected chi connectivity index (χ3v) is 10.7. The molecule has 0 N–H and O–H groups in total. The van der Waals surface area contributed by atoms with E-state index in [-0.39, 0.29) is 66.0 Å². The Morgan fingerprint density at radius 2 is 0.977 bits per heavy atom. The first-order chi connectivity index (χ1) is 20.4. The van der Waals surface area contributed by atoms with Gasteiger partial charge in [-0.15, -0.1) is 0 Å². The SMILES string of the molecule is CC1(C)CCC1COC(=O)c1c(Cl)c(Cl)cc(Cl)c1OC(=O)C(=O)Oc1c(Cl)cc(Cl)c(Cl)c1C(=O)OCC1CCC1(C)C. The Balaban J connectivity index is 1.55. The second kappa shape index (κ2) is 13.4. The van der Waals surface area contributed by atoms with Gasteiger partial charge in [-0.2, -0.15) is 0 Å². The molecule has 2 saturated carbocycles. The second-order valence-corrected chi connectivity index (χ2v) is 14.5. The van der Waals surface area contributed by atoms with E-state index in [9.17, 15) is 19.2 Å². The molecule has 0 heterocycles. The lowest BCUT2D eigenvalue weighted by Gasteiger charge is -2.44. The van der Waals surface area contributed by atoms with E-state index in [0.717, 1.165) is 37.8 Å². The average molecular weight is 729 g/mol. The van der Waals surface area contributed by atoms with Crippen LogP contribution < -0.4 is 9.47 Å². The third-order valence-electron chi connectivity index (χ3n) is 8.53. The minimum Gasteiger partial charge on any atom is -0.462 e. The topological polar surface area (TPSA) is 105 Å². The molecule has 2 atom stereocenters. The zero-order chi connectivity index (χ0) is 32.7. The molecule has 8 nitrogen and oxygen atoms in total. The summed E-state index contributed by atoms with van der Waals surface area (Å²) in [6.45, 7) is 8.37. The predicted octanol–water partition coefficient (Wildman–Crippen LogP) is 9.30. The van der Waals surface area contributed by atoms with Crippen molar-refractivity contribution in [1.82, 2.24) is 0 Å². The fourth-order valence-electron chi connectivity index (χ4n) is 4.96. The zero-order valence-corrected chi connectivity index (χ0v) is 28.6. The molecule has 0 aromatic heterocycles. The molecule has 2 aliphatic rings. The summed E-state index contributed by atoms with van der Waals surface area (Å²) in [5.74, 6) is -6.16. The lowest BCUT2D eigenvalue weighted by atomic mass is 9.63. The predicted molar refractivity (Wildman–Crippen MR) is 168 cm³/mol. The lowest BCUT2D eigenvalue weighted by molar-refractivity contribution is -0.156. The summed E-state index contributed by atoms with van der Waals surface area (Å²) in [5, 5.41) is -1.48. The van der Waals surface area contributed by atoms with Crippen molar-refractivity contribution >= 4 is 93.5 Å². The molecule has 2 aliphatic carbocycles. The van der Waals surface area contributed by atoms with Crippen LogP contribution in [0.5, 0.6) is 11.5 Å². The molecule has 44 heavy (non-hydrogen) atoms. The summed E-state index contributed by atoms with van der Waals surface area (Å²) in [7, 11) is 0. The number of esters is 4. The first-order valence-corrected chi connectivity index (χ1v) is 15.8. The first-order valence-electron chi connectivity index (χ1n) is 13.6. The Bertz CT molecular complexity index is 1420. The molecule has 0 bridgehead atoms. The molecular formula is C30H28Cl6O8. The summed E-state index contributed by atoms with van der Waals surface area (Å²) in [4.78, 5) is 52.0. The van der Waals surface area contributed by atoms with E-state index in [1.807, 2.05) is 0 Å². The van der Waals surface area contributed by atoms with Crippen molar-refractivity contribution in [2.75, 3.05) is 13.2 Å². The summed E-state index contributed by atoms with van der Waals surface area (Å²) < 4.78 is 21.2. The van der Waals surface area contributed by atoms with Crippen LogP contribution >= 0.6 is 69.6 Å². The van der Waals surface area contributed by atoms with Gasteiger partial charge in [0.1, 0.15) is 11.1 Å². The Hall–Kier alpha value is -1.94. The maximum absolute atomic E-state index is 13.1. The highest BCUT2D eigenvalue weighted by atomic mass is 35.5. The average Bonchev–Trinajstić information content (AvgIpc) is 2.93. The number of rotatable bonds is 8. The molecule has 2 unspecified atom stereocenters. The van der Waals surface area contributed by atoms with Crippen LogP contribution in [0.2, 0.25) is 30.1 Å². The van der Waals surface area contributed by atoms with Gasteiger partial charge in [-0.1, -0.05) is 97.3 Å². The molecule has 238 valence electrons. The van der Waals surface area contributed by atoms with Gasteiger partial charge in [-0.25, -0.2) is 19.2 Å². The van der Waals surface area contributed by atoms with Crippen molar-refractivity contribution in [3.8, 4) is 11.5 Å². The maximum atomic E-state index is 13.1. The molecule has 0 spiro atoms. The van der Waals surface area contributed by atoms with Crippen LogP contribution in [0.25, 0.3) is 0 Å². The molecular weight excluding hydrogens is 701 g/mol. The van der Waals surface area contributed by atoms with E-state index in [1.165, 1.54) is 0 Å². The van der Waals surface area contributed by atoms with E-state index < -0.39 is 46.5 Å². The minimum atomic E-state index is -1.64. The quantitative estimate of drug-likeness (QED) is 0.115. The Morgan fingerprint density at radius 1 is 0.636 bits per heavy atom. The summed E-state index contributed by atoms with van der Waals surface area (Å²) in [6, 6.07) is 2.25. The highest BCUT2D eigenvalue weighted by Gasteiger charge is 2.41. The first kappa shape index (κ1) is 34.9. The molecule has 4 rings (SSSR count). The maximum Gasteiger partial charge on any atom is 0.423 e. The van der Waals surface area contributed by atoms with E-state index in [1.54, 1.807) is 0 Å². The van der Waals surface area contributed by atoms with Crippen LogP contribution in [0.4, 0.5) is 0 Å². The molecule has 0 radical (unpaired) electrons. The second-order valence-electron chi connectivity index (χ2n) is 12.1. The Labute approximate surface area is 284 Å². The molecule has 2 fully saturated rings. The van der Waals surface area contributed by atoms with Gasteiger partial charge in [0.05, 0.1) is 43.3 Å². The smallest absolute Gasteiger partial charge is 0.423 e. The molecule has 2 aromatic carbocycles. The van der Waals surface area contributed by atoms with Crippen molar-refractivity contribution in [3.05, 3.63) is 53.4 Å². The van der Waals surface area contributed by atoms with Crippen LogP contribution in [0, 0.1) is 22.7 Å². The Morgan fingerprint density at radius 3 is 1.25 bits per heavy atom. The summed E-state index contributed by atoms with van der Waals surface area (Å²) in [5.41, 5.74) is -0.948. The number of carbonyl (C=O) groups is 4. The van der Waals surface area contributed by atoms with Gasteiger partial charge in [-0.3, -0.25) is 0 Å². The van der Waals surface area contributed by atoms with Gasteiger partial charge in [0, 0.05) is 0 Å². The van der Waals surface area contributed by atoms with Gasteiger partial charge >= 0.3 is 23.9 Å². The number of hydrogen-bond acceptors (Lipinski definition) is 8. The van der Waals surface area contributed by atoms with Gasteiger partial charge in [0.2, 0.25) is 0 Å². The molecule has 0 saturated heterocycles. The fourth-order valence-corrected chi connectivity index (χ4v) is 6.39. The van der Waals surface area contributed by atoms with Crippen molar-refractivity contribution < 1.29 is 38.1 Å². The van der Waals surface area contributed by atoms with E-state index in [4.69, 9.17) is 88.6 Å². The molecule has 2 aromatic rings. The van der Waals surface area contributed by atoms with Crippen molar-refractivity contribution in [2.45, 2.75) is 53.4 Å². The summed E-state index contributed by atoms with van der Waals surface area (Å²) >= 11 is 37.3. The number of benzene rings is 2. The largest absolute Gasteiger partial charge is 0.462 e. The van der Waals surface area contributed by atoms with Gasteiger partial charge in [-0.05, 0) is 60.5 Å². The zero-order valence-electron chi connectivity index (χ0n) is 24.1. The van der Waals surface area contributed by atoms with E-state index in [2.05, 4.69) is 27.7 Å². The van der Waals surface area contributed by atoms with Crippen molar-refractivity contribution in [2.24, 2.45) is 22.7 Å². The summed E-state index contributed by atoms with van der Waals surface area (Å²) in [6.07, 6.45) is 3.68. The molecule has 0 aliphatic heterocycles. The number of carbonyl (C=O) groups excluding carboxylic acids is 4. The fraction of sp³-hybridized carbons (Fsp3) is 0.467. The van der Waals surface area contributed by atoms with Crippen LogP contribution in [0.15, 0.2) is 12.1 Å². The van der Waals surface area contributed by atoms with Crippen LogP contribution in [-0.4, -0.2) is 37.1 Å². The molecule has 14 heteroatoms. The van der Waals surface area contributed by atoms with E-state index >= 15 is 0 Å². The molecule has 0 amide bonds. The standard InChI is InChI=1S/C30H28Cl6O8/c1-29(2)7-5-13(29)11-41-25(37)19-21(35)15(31)9-17(33)23(19)43-27(39)28(40)44-24-18(34)10-16(32)22(36)20(24)26(38)42-12-14-6-8-30(14,3)4/h9-10,13-14H,5-8,11-12H2,1-4H3. The number of ether oxygens (including phenoxy) is 4. The minimum absolute atomic E-state index is 0.0139. The van der Waals surface area contributed by atoms with Gasteiger partial charge in [0.25, 0.3) is 0 Å². The van der Waals surface area contributed by atoms with Gasteiger partial charge in [0.15, 0.2) is 11.5 Å². The van der Waals surface area contributed by atoms with Crippen LogP contribution in [0.3, 0.4) is 0 Å². The number of halogens is 6. The van der Waals surface area contributed by atoms with Crippen molar-refractivity contribution in [3.63, 3.8) is 0 Å². The van der Waals surface area contributed by atoms with Crippen LogP contribution in [0.1, 0.15) is 74.1 Å². The highest BCUT2D eigenvalue weighted by Crippen LogP contribution is 2.48. The highest BCUT2D eigenvalue weighted by molar-refractivity contribution is 6.47. The third kappa shape index (κ3) is 7.21. The normalized spacial score (nSPS) is 19.7. The Kier molecular flexibility index (Phi) is 10.7.